The molecule has 0 bridgehead atoms. The van der Waals surface area contributed by atoms with Crippen LogP contribution in [0.2, 0.25) is 0 Å². The highest BCUT2D eigenvalue weighted by Crippen LogP contribution is 2.40. The summed E-state index contributed by atoms with van der Waals surface area (Å²) in [4.78, 5) is 10.8. The van der Waals surface area contributed by atoms with Gasteiger partial charge in [-0.1, -0.05) is 164 Å². The van der Waals surface area contributed by atoms with Gasteiger partial charge in [-0.25, -0.2) is 9.97 Å². The summed E-state index contributed by atoms with van der Waals surface area (Å²) in [5, 5.41) is 10.7. The predicted molar refractivity (Wildman–Crippen MR) is 248 cm³/mol. The minimum Gasteiger partial charge on any atom is -0.293 e. The van der Waals surface area contributed by atoms with Crippen molar-refractivity contribution >= 4 is 65.0 Å². The van der Waals surface area contributed by atoms with Crippen LogP contribution >= 0.6 is 0 Å². The molecule has 0 fully saturated rings. The van der Waals surface area contributed by atoms with E-state index in [0.717, 1.165) is 50.0 Å². The molecule has 2 heterocycles. The molecule has 0 aliphatic heterocycles. The average Bonchev–Trinajstić information content (AvgIpc) is 3.62. The molecule has 0 saturated heterocycles. The average molecular weight is 750 g/mol. The topological polar surface area (TPSA) is 30.7 Å². The van der Waals surface area contributed by atoms with Crippen molar-refractivity contribution in [1.82, 2.24) is 14.5 Å². The fourth-order valence-corrected chi connectivity index (χ4v) is 8.89. The molecular formula is C56H35N3. The molecular weight excluding hydrogens is 715 g/mol. The van der Waals surface area contributed by atoms with Crippen molar-refractivity contribution in [3.05, 3.63) is 212 Å². The Morgan fingerprint density at radius 2 is 0.746 bits per heavy atom. The maximum absolute atomic E-state index is 5.51. The number of aromatic nitrogens is 3. The summed E-state index contributed by atoms with van der Waals surface area (Å²) in [7, 11) is 0. The minimum absolute atomic E-state index is 0.686. The highest BCUT2D eigenvalue weighted by molar-refractivity contribution is 6.15. The van der Waals surface area contributed by atoms with Crippen LogP contribution in [0.3, 0.4) is 0 Å². The monoisotopic (exact) mass is 749 g/mol. The van der Waals surface area contributed by atoms with Crippen LogP contribution in [0.15, 0.2) is 212 Å². The fourth-order valence-electron chi connectivity index (χ4n) is 8.89. The molecule has 2 aromatic heterocycles. The van der Waals surface area contributed by atoms with Crippen LogP contribution in [0, 0.1) is 0 Å². The number of hydrogen-bond donors (Lipinski definition) is 0. The highest BCUT2D eigenvalue weighted by atomic mass is 15.1. The second-order valence-electron chi connectivity index (χ2n) is 15.5. The van der Waals surface area contributed by atoms with E-state index in [2.05, 4.69) is 217 Å². The molecule has 0 amide bonds. The molecule has 0 N–H and O–H groups in total. The fraction of sp³-hybridized carbons (Fsp3) is 0. The van der Waals surface area contributed by atoms with Crippen LogP contribution in [0.1, 0.15) is 0 Å². The van der Waals surface area contributed by atoms with Crippen LogP contribution in [-0.4, -0.2) is 14.5 Å². The Labute approximate surface area is 341 Å². The Morgan fingerprint density at radius 1 is 0.271 bits per heavy atom. The van der Waals surface area contributed by atoms with Crippen molar-refractivity contribution in [3.63, 3.8) is 0 Å². The number of rotatable bonds is 5. The predicted octanol–water partition coefficient (Wildman–Crippen LogP) is 14.9. The van der Waals surface area contributed by atoms with Crippen LogP contribution in [-0.2, 0) is 0 Å². The van der Waals surface area contributed by atoms with Gasteiger partial charge in [0, 0.05) is 21.7 Å². The molecule has 0 atom stereocenters. The van der Waals surface area contributed by atoms with E-state index >= 15 is 0 Å². The van der Waals surface area contributed by atoms with Gasteiger partial charge in [0.25, 0.3) is 0 Å². The Hall–Kier alpha value is -7.88. The van der Waals surface area contributed by atoms with E-state index in [1.165, 1.54) is 59.8 Å². The molecule has 0 unspecified atom stereocenters. The number of nitrogens with zero attached hydrogens (tertiary/aromatic N) is 3. The first-order valence-corrected chi connectivity index (χ1v) is 20.1. The zero-order valence-electron chi connectivity index (χ0n) is 32.0. The van der Waals surface area contributed by atoms with Gasteiger partial charge in [0.05, 0.1) is 16.6 Å². The first-order valence-electron chi connectivity index (χ1n) is 20.1. The summed E-state index contributed by atoms with van der Waals surface area (Å²) in [5.41, 5.74) is 11.1. The van der Waals surface area contributed by atoms with Gasteiger partial charge in [-0.05, 0) is 114 Å². The van der Waals surface area contributed by atoms with E-state index < -0.39 is 0 Å². The van der Waals surface area contributed by atoms with Gasteiger partial charge < -0.3 is 0 Å². The molecule has 12 rings (SSSR count). The molecule has 12 aromatic rings. The van der Waals surface area contributed by atoms with Gasteiger partial charge in [0.2, 0.25) is 0 Å². The van der Waals surface area contributed by atoms with E-state index in [1.54, 1.807) is 0 Å². The molecule has 10 aromatic carbocycles. The number of benzene rings is 10. The molecule has 0 radical (unpaired) electrons. The molecule has 3 nitrogen and oxygen atoms in total. The third-order valence-corrected chi connectivity index (χ3v) is 11.9. The quantitative estimate of drug-likeness (QED) is 0.175. The second kappa shape index (κ2) is 13.4. The summed E-state index contributed by atoms with van der Waals surface area (Å²) in [6.45, 7) is 0. The SMILES string of the molecule is c1ccc(-c2ccc(-c3nc(-n4c5ccc(-c6ccc7ccccc7c6)cc5c5cc6ccccc6cc54)c4ccc(-c5ccc6ccccc6c5)cc4n3)cc2)cc1. The standard InChI is InChI=1S/C56H35N3/c1-2-10-36(11-3-1)39-18-22-40(23-19-39)55-57-52-34-48(46-25-21-38-13-5-7-15-42(38)31-46)26-28-49(52)56(58-55)59-53-29-27-47(45-24-20-37-12-4-6-14-41(37)30-45)33-50(53)51-32-43-16-8-9-17-44(43)35-54(51)59/h1-35H. The van der Waals surface area contributed by atoms with Gasteiger partial charge in [-0.3, -0.25) is 4.57 Å². The van der Waals surface area contributed by atoms with Gasteiger partial charge in [0.15, 0.2) is 5.82 Å². The maximum Gasteiger partial charge on any atom is 0.162 e. The zero-order valence-corrected chi connectivity index (χ0v) is 32.0. The summed E-state index contributed by atoms with van der Waals surface area (Å²) < 4.78 is 2.36. The first kappa shape index (κ1) is 33.3. The van der Waals surface area contributed by atoms with Gasteiger partial charge in [-0.15, -0.1) is 0 Å². The van der Waals surface area contributed by atoms with Crippen molar-refractivity contribution in [2.45, 2.75) is 0 Å². The normalized spacial score (nSPS) is 11.7. The smallest absolute Gasteiger partial charge is 0.162 e. The Balaban J connectivity index is 1.11. The van der Waals surface area contributed by atoms with Crippen molar-refractivity contribution in [3.8, 4) is 50.6 Å². The maximum atomic E-state index is 5.51. The third kappa shape index (κ3) is 5.67. The lowest BCUT2D eigenvalue weighted by Gasteiger charge is -2.14. The third-order valence-electron chi connectivity index (χ3n) is 11.9. The number of hydrogen-bond acceptors (Lipinski definition) is 2. The summed E-state index contributed by atoms with van der Waals surface area (Å²) in [5.74, 6) is 1.54. The summed E-state index contributed by atoms with van der Waals surface area (Å²) in [6.07, 6.45) is 0. The van der Waals surface area contributed by atoms with E-state index in [9.17, 15) is 0 Å². The molecule has 0 spiro atoms. The van der Waals surface area contributed by atoms with Crippen LogP contribution in [0.4, 0.5) is 0 Å². The first-order chi connectivity index (χ1) is 29.2. The molecule has 3 heteroatoms. The van der Waals surface area contributed by atoms with Gasteiger partial charge in [0.1, 0.15) is 5.82 Å². The molecule has 274 valence electrons. The van der Waals surface area contributed by atoms with E-state index in [1.807, 2.05) is 0 Å². The molecule has 0 aliphatic carbocycles. The Bertz CT molecular complexity index is 3600. The van der Waals surface area contributed by atoms with Crippen molar-refractivity contribution in [1.29, 1.82) is 0 Å². The van der Waals surface area contributed by atoms with Crippen molar-refractivity contribution < 1.29 is 0 Å². The van der Waals surface area contributed by atoms with Crippen LogP contribution < -0.4 is 0 Å². The zero-order chi connectivity index (χ0) is 38.9. The van der Waals surface area contributed by atoms with E-state index in [-0.39, 0.29) is 0 Å². The largest absolute Gasteiger partial charge is 0.293 e. The Morgan fingerprint density at radius 3 is 1.42 bits per heavy atom. The lowest BCUT2D eigenvalue weighted by molar-refractivity contribution is 1.08. The lowest BCUT2D eigenvalue weighted by atomic mass is 9.99. The van der Waals surface area contributed by atoms with E-state index in [4.69, 9.17) is 9.97 Å². The van der Waals surface area contributed by atoms with Gasteiger partial charge in [-0.2, -0.15) is 0 Å². The number of fused-ring (bicyclic) bond motifs is 7. The van der Waals surface area contributed by atoms with E-state index in [0.29, 0.717) is 5.82 Å². The molecule has 0 saturated carbocycles. The van der Waals surface area contributed by atoms with Gasteiger partial charge >= 0.3 is 0 Å². The minimum atomic E-state index is 0.686. The van der Waals surface area contributed by atoms with Crippen LogP contribution in [0.25, 0.3) is 116 Å². The molecule has 0 aliphatic rings. The van der Waals surface area contributed by atoms with Crippen molar-refractivity contribution in [2.75, 3.05) is 0 Å². The highest BCUT2D eigenvalue weighted by Gasteiger charge is 2.20. The van der Waals surface area contributed by atoms with Crippen LogP contribution in [0.5, 0.6) is 0 Å². The second-order valence-corrected chi connectivity index (χ2v) is 15.5. The summed E-state index contributed by atoms with van der Waals surface area (Å²) >= 11 is 0. The lowest BCUT2D eigenvalue weighted by Crippen LogP contribution is -2.03. The van der Waals surface area contributed by atoms with Crippen molar-refractivity contribution in [2.24, 2.45) is 0 Å². The molecule has 59 heavy (non-hydrogen) atoms. The Kier molecular flexibility index (Phi) is 7.54. The summed E-state index contributed by atoms with van der Waals surface area (Å²) in [6, 6.07) is 76.5.